The first-order valence-corrected chi connectivity index (χ1v) is 7.37. The molecule has 20 heavy (non-hydrogen) atoms. The minimum Gasteiger partial charge on any atom is -0.481 e. The van der Waals surface area contributed by atoms with Gasteiger partial charge in [0.1, 0.15) is 0 Å². The van der Waals surface area contributed by atoms with Crippen LogP contribution < -0.4 is 10.6 Å². The Morgan fingerprint density at radius 3 is 2.55 bits per heavy atom. The number of halogens is 3. The molecule has 0 fully saturated rings. The number of unbranched alkanes of at least 4 members (excludes halogenated alkanes) is 1. The summed E-state index contributed by atoms with van der Waals surface area (Å²) in [6, 6.07) is 2.89. The van der Waals surface area contributed by atoms with Crippen LogP contribution in [-0.2, 0) is 4.79 Å². The maximum absolute atomic E-state index is 11.6. The molecule has 1 aromatic rings. The van der Waals surface area contributed by atoms with E-state index < -0.39 is 12.0 Å². The number of carboxylic acid groups (broad SMARTS) is 1. The van der Waals surface area contributed by atoms with E-state index in [1.165, 1.54) is 0 Å². The largest absolute Gasteiger partial charge is 0.481 e. The summed E-state index contributed by atoms with van der Waals surface area (Å²) >= 11 is 15.2. The molecule has 110 valence electrons. The van der Waals surface area contributed by atoms with Gasteiger partial charge in [0.05, 0.1) is 15.7 Å². The maximum Gasteiger partial charge on any atom is 0.319 e. The van der Waals surface area contributed by atoms with Gasteiger partial charge in [-0.15, -0.1) is 0 Å². The van der Waals surface area contributed by atoms with Gasteiger partial charge in [-0.1, -0.05) is 23.2 Å². The Hall–Kier alpha value is -0.980. The zero-order valence-electron chi connectivity index (χ0n) is 10.4. The second-order valence-electron chi connectivity index (χ2n) is 3.95. The first-order valence-electron chi connectivity index (χ1n) is 5.82. The van der Waals surface area contributed by atoms with Crippen LogP contribution >= 0.6 is 39.1 Å². The van der Waals surface area contributed by atoms with E-state index in [9.17, 15) is 9.59 Å². The van der Waals surface area contributed by atoms with E-state index in [0.717, 1.165) is 0 Å². The zero-order chi connectivity index (χ0) is 15.1. The van der Waals surface area contributed by atoms with E-state index >= 15 is 0 Å². The molecule has 0 aromatic heterocycles. The van der Waals surface area contributed by atoms with Crippen molar-refractivity contribution < 1.29 is 14.7 Å². The maximum atomic E-state index is 11.6. The van der Waals surface area contributed by atoms with Gasteiger partial charge in [0, 0.05) is 17.4 Å². The quantitative estimate of drug-likeness (QED) is 0.510. The molecule has 3 N–H and O–H groups in total. The monoisotopic (exact) mass is 382 g/mol. The van der Waals surface area contributed by atoms with E-state index in [1.807, 2.05) is 0 Å². The Labute approximate surface area is 134 Å². The fourth-order valence-corrected chi connectivity index (χ4v) is 2.21. The van der Waals surface area contributed by atoms with Crippen molar-refractivity contribution in [3.8, 4) is 0 Å². The Bertz CT molecular complexity index is 512. The van der Waals surface area contributed by atoms with Crippen LogP contribution in [0.1, 0.15) is 19.3 Å². The number of anilines is 1. The predicted molar refractivity (Wildman–Crippen MR) is 82.7 cm³/mol. The molecule has 0 aliphatic rings. The van der Waals surface area contributed by atoms with Gasteiger partial charge in [0.25, 0.3) is 0 Å². The Balaban J connectivity index is 2.39. The molecular weight excluding hydrogens is 371 g/mol. The van der Waals surface area contributed by atoms with Gasteiger partial charge in [0.15, 0.2) is 0 Å². The van der Waals surface area contributed by atoms with Gasteiger partial charge in [-0.3, -0.25) is 4.79 Å². The number of hydrogen-bond donors (Lipinski definition) is 3. The van der Waals surface area contributed by atoms with Crippen molar-refractivity contribution in [3.05, 3.63) is 26.7 Å². The molecule has 0 heterocycles. The summed E-state index contributed by atoms with van der Waals surface area (Å²) in [7, 11) is 0. The van der Waals surface area contributed by atoms with Gasteiger partial charge in [-0.05, 0) is 40.9 Å². The summed E-state index contributed by atoms with van der Waals surface area (Å²) in [6.07, 6.45) is 1.20. The van der Waals surface area contributed by atoms with Crippen LogP contribution in [0.15, 0.2) is 16.6 Å². The highest BCUT2D eigenvalue weighted by atomic mass is 79.9. The number of hydrogen-bond acceptors (Lipinski definition) is 2. The summed E-state index contributed by atoms with van der Waals surface area (Å²) in [6.45, 7) is 0.390. The van der Waals surface area contributed by atoms with Gasteiger partial charge in [-0.2, -0.15) is 0 Å². The number of nitrogens with one attached hydrogen (secondary N) is 2. The molecule has 0 spiro atoms. The number of amides is 2. The van der Waals surface area contributed by atoms with Crippen LogP contribution in [0.4, 0.5) is 10.5 Å². The first-order chi connectivity index (χ1) is 9.41. The number of benzene rings is 1. The number of aliphatic carboxylic acids is 1. The normalized spacial score (nSPS) is 10.2. The van der Waals surface area contributed by atoms with Crippen LogP contribution in [0.25, 0.3) is 0 Å². The van der Waals surface area contributed by atoms with E-state index in [4.69, 9.17) is 28.3 Å². The van der Waals surface area contributed by atoms with Crippen LogP contribution in [0.5, 0.6) is 0 Å². The van der Waals surface area contributed by atoms with Gasteiger partial charge < -0.3 is 15.7 Å². The summed E-state index contributed by atoms with van der Waals surface area (Å²) in [5.41, 5.74) is 0.405. The lowest BCUT2D eigenvalue weighted by Gasteiger charge is -2.10. The summed E-state index contributed by atoms with van der Waals surface area (Å²) in [5.74, 6) is -0.842. The van der Waals surface area contributed by atoms with Crippen LogP contribution in [0.2, 0.25) is 10.0 Å². The zero-order valence-corrected chi connectivity index (χ0v) is 13.5. The fourth-order valence-electron chi connectivity index (χ4n) is 1.39. The standard InChI is InChI=1S/C12H13BrCl2N2O3/c13-7-4-5-8(11(15)10(7)14)17-12(20)16-6-2-1-3-9(18)19/h4-5H,1-3,6H2,(H,18,19)(H2,16,17,20). The number of urea groups is 1. The van der Waals surface area contributed by atoms with Crippen LogP contribution in [0, 0.1) is 0 Å². The number of rotatable bonds is 6. The van der Waals surface area contributed by atoms with E-state index in [1.54, 1.807) is 12.1 Å². The lowest BCUT2D eigenvalue weighted by molar-refractivity contribution is -0.137. The molecule has 0 unspecified atom stereocenters. The average Bonchev–Trinajstić information content (AvgIpc) is 2.39. The topological polar surface area (TPSA) is 78.4 Å². The number of carboxylic acids is 1. The van der Waals surface area contributed by atoms with E-state index in [-0.39, 0.29) is 11.4 Å². The molecule has 1 aromatic carbocycles. The SMILES string of the molecule is O=C(O)CCCCNC(=O)Nc1ccc(Br)c(Cl)c1Cl. The molecule has 5 nitrogen and oxygen atoms in total. The van der Waals surface area contributed by atoms with Crippen molar-refractivity contribution in [2.45, 2.75) is 19.3 Å². The molecule has 0 aliphatic heterocycles. The Morgan fingerprint density at radius 1 is 1.20 bits per heavy atom. The highest BCUT2D eigenvalue weighted by molar-refractivity contribution is 9.10. The molecule has 0 atom stereocenters. The molecule has 1 rings (SSSR count). The highest BCUT2D eigenvalue weighted by Crippen LogP contribution is 2.35. The molecule has 0 aliphatic carbocycles. The Morgan fingerprint density at radius 2 is 1.90 bits per heavy atom. The average molecular weight is 384 g/mol. The lowest BCUT2D eigenvalue weighted by Crippen LogP contribution is -2.29. The molecule has 0 radical (unpaired) electrons. The summed E-state index contributed by atoms with van der Waals surface area (Å²) in [5, 5.41) is 14.2. The first kappa shape index (κ1) is 17.1. The minimum atomic E-state index is -0.842. The second-order valence-corrected chi connectivity index (χ2v) is 5.56. The van der Waals surface area contributed by atoms with Gasteiger partial charge >= 0.3 is 12.0 Å². The number of carbonyl (C=O) groups excluding carboxylic acids is 1. The van der Waals surface area contributed by atoms with Crippen LogP contribution in [-0.4, -0.2) is 23.7 Å². The predicted octanol–water partition coefficient (Wildman–Crippen LogP) is 4.13. The fraction of sp³-hybridized carbons (Fsp3) is 0.333. The van der Waals surface area contributed by atoms with Gasteiger partial charge in [0.2, 0.25) is 0 Å². The number of carbonyl (C=O) groups is 2. The van der Waals surface area contributed by atoms with Crippen molar-refractivity contribution in [1.29, 1.82) is 0 Å². The Kier molecular flexibility index (Phi) is 7.12. The molecule has 8 heteroatoms. The summed E-state index contributed by atoms with van der Waals surface area (Å²) < 4.78 is 0.642. The smallest absolute Gasteiger partial charge is 0.319 e. The highest BCUT2D eigenvalue weighted by Gasteiger charge is 2.10. The van der Waals surface area contributed by atoms with E-state index in [2.05, 4.69) is 26.6 Å². The van der Waals surface area contributed by atoms with Gasteiger partial charge in [-0.25, -0.2) is 4.79 Å². The van der Waals surface area contributed by atoms with Crippen molar-refractivity contribution >= 4 is 56.8 Å². The third-order valence-electron chi connectivity index (χ3n) is 2.39. The van der Waals surface area contributed by atoms with Crippen molar-refractivity contribution in [2.75, 3.05) is 11.9 Å². The summed E-state index contributed by atoms with van der Waals surface area (Å²) in [4.78, 5) is 21.9. The third kappa shape index (κ3) is 5.56. The minimum absolute atomic E-state index is 0.0947. The molecule has 0 saturated carbocycles. The van der Waals surface area contributed by atoms with Crippen molar-refractivity contribution in [2.24, 2.45) is 0 Å². The van der Waals surface area contributed by atoms with Crippen molar-refractivity contribution in [3.63, 3.8) is 0 Å². The van der Waals surface area contributed by atoms with E-state index in [0.29, 0.717) is 34.6 Å². The third-order valence-corrected chi connectivity index (χ3v) is 4.16. The molecular formula is C12H13BrCl2N2O3. The molecule has 0 bridgehead atoms. The van der Waals surface area contributed by atoms with Crippen LogP contribution in [0.3, 0.4) is 0 Å². The van der Waals surface area contributed by atoms with Crippen molar-refractivity contribution in [1.82, 2.24) is 5.32 Å². The lowest BCUT2D eigenvalue weighted by atomic mass is 10.2. The molecule has 0 saturated heterocycles. The second kappa shape index (κ2) is 8.34. The molecule has 2 amide bonds.